The number of hydrogen-bond donors (Lipinski definition) is 1. The van der Waals surface area contributed by atoms with E-state index in [1.54, 1.807) is 7.11 Å². The van der Waals surface area contributed by atoms with Crippen LogP contribution in [0.4, 0.5) is 0 Å². The van der Waals surface area contributed by atoms with Crippen LogP contribution in [-0.2, 0) is 18.3 Å². The van der Waals surface area contributed by atoms with E-state index in [1.165, 1.54) is 10.8 Å². The van der Waals surface area contributed by atoms with Gasteiger partial charge in [0.15, 0.2) is 0 Å². The number of piperazine rings is 1. The number of rotatable bonds is 5. The van der Waals surface area contributed by atoms with Crippen LogP contribution in [0.3, 0.4) is 0 Å². The Morgan fingerprint density at radius 3 is 2.68 bits per heavy atom. The van der Waals surface area contributed by atoms with Crippen LogP contribution in [0.1, 0.15) is 23.1 Å². The monoisotopic (exact) mass is 507 g/mol. The highest BCUT2D eigenvalue weighted by molar-refractivity contribution is 5.91. The van der Waals surface area contributed by atoms with E-state index in [0.717, 1.165) is 58.1 Å². The van der Waals surface area contributed by atoms with Crippen molar-refractivity contribution in [3.05, 3.63) is 83.9 Å². The van der Waals surface area contributed by atoms with Crippen LogP contribution in [0.5, 0.6) is 5.75 Å². The summed E-state index contributed by atoms with van der Waals surface area (Å²) in [6.07, 6.45) is 2.27. The van der Waals surface area contributed by atoms with E-state index in [1.807, 2.05) is 36.2 Å². The standard InChI is InChI=1S/C31H33N5O2/c1-20-25(26-16-24(38-4)11-12-27(26)33-20)17-30(37)36-14-13-34(2)19-29(36)31-32-18-28(35(31)3)23-10-9-21-7-5-6-8-22(21)15-23/h5-12,15-16,18,29,33H,13-14,17,19H2,1-4H3. The van der Waals surface area contributed by atoms with Crippen LogP contribution < -0.4 is 4.74 Å². The molecule has 1 fully saturated rings. The number of ether oxygens (including phenoxy) is 1. The third kappa shape index (κ3) is 4.23. The van der Waals surface area contributed by atoms with Crippen LogP contribution >= 0.6 is 0 Å². The summed E-state index contributed by atoms with van der Waals surface area (Å²) in [6.45, 7) is 4.29. The molecule has 5 aromatic rings. The largest absolute Gasteiger partial charge is 0.497 e. The number of nitrogens with zero attached hydrogens (tertiary/aromatic N) is 4. The number of aromatic amines is 1. The molecule has 0 bridgehead atoms. The Kier molecular flexibility index (Phi) is 6.16. The molecule has 1 aliphatic rings. The second kappa shape index (κ2) is 9.65. The number of aromatic nitrogens is 3. The van der Waals surface area contributed by atoms with Crippen molar-refractivity contribution in [2.75, 3.05) is 33.8 Å². The third-order valence-corrected chi connectivity index (χ3v) is 7.93. The molecule has 194 valence electrons. The van der Waals surface area contributed by atoms with Gasteiger partial charge in [0.2, 0.25) is 5.91 Å². The quantitative estimate of drug-likeness (QED) is 0.360. The maximum atomic E-state index is 13.9. The number of hydrogen-bond acceptors (Lipinski definition) is 4. The average Bonchev–Trinajstić information content (AvgIpc) is 3.46. The van der Waals surface area contributed by atoms with Crippen molar-refractivity contribution in [1.82, 2.24) is 24.3 Å². The van der Waals surface area contributed by atoms with Gasteiger partial charge in [0.05, 0.1) is 25.4 Å². The van der Waals surface area contributed by atoms with E-state index in [-0.39, 0.29) is 11.9 Å². The number of nitrogens with one attached hydrogen (secondary N) is 1. The van der Waals surface area contributed by atoms with Gasteiger partial charge >= 0.3 is 0 Å². The predicted molar refractivity (Wildman–Crippen MR) is 151 cm³/mol. The lowest BCUT2D eigenvalue weighted by Gasteiger charge is -2.39. The van der Waals surface area contributed by atoms with Gasteiger partial charge in [-0.15, -0.1) is 0 Å². The molecule has 1 atom stereocenters. The Morgan fingerprint density at radius 2 is 1.87 bits per heavy atom. The van der Waals surface area contributed by atoms with E-state index in [2.05, 4.69) is 71.0 Å². The van der Waals surface area contributed by atoms with Gasteiger partial charge in [-0.05, 0) is 54.6 Å². The predicted octanol–water partition coefficient (Wildman–Crippen LogP) is 5.10. The maximum absolute atomic E-state index is 13.9. The number of carbonyl (C=O) groups is 1. The number of carbonyl (C=O) groups excluding carboxylic acids is 1. The highest BCUT2D eigenvalue weighted by Crippen LogP contribution is 2.32. The summed E-state index contributed by atoms with van der Waals surface area (Å²) >= 11 is 0. The van der Waals surface area contributed by atoms with Gasteiger partial charge in [0.1, 0.15) is 17.6 Å². The first-order valence-electron chi connectivity index (χ1n) is 13.1. The van der Waals surface area contributed by atoms with Crippen molar-refractivity contribution < 1.29 is 9.53 Å². The molecule has 1 aliphatic heterocycles. The molecule has 6 rings (SSSR count). The summed E-state index contributed by atoms with van der Waals surface area (Å²) in [6, 6.07) is 20.7. The summed E-state index contributed by atoms with van der Waals surface area (Å²) < 4.78 is 7.59. The number of fused-ring (bicyclic) bond motifs is 2. The number of methoxy groups -OCH3 is 1. The maximum Gasteiger partial charge on any atom is 0.227 e. The van der Waals surface area contributed by atoms with Gasteiger partial charge in [0.25, 0.3) is 0 Å². The molecule has 3 heterocycles. The average molecular weight is 508 g/mol. The smallest absolute Gasteiger partial charge is 0.227 e. The number of H-pyrrole nitrogens is 1. The Balaban J connectivity index is 1.32. The first-order valence-corrected chi connectivity index (χ1v) is 13.1. The minimum Gasteiger partial charge on any atom is -0.497 e. The topological polar surface area (TPSA) is 66.4 Å². The van der Waals surface area contributed by atoms with E-state index in [9.17, 15) is 4.79 Å². The molecule has 7 heteroatoms. The minimum atomic E-state index is -0.125. The van der Waals surface area contributed by atoms with E-state index in [4.69, 9.17) is 9.72 Å². The number of amides is 1. The van der Waals surface area contributed by atoms with Crippen LogP contribution in [0.25, 0.3) is 32.9 Å². The van der Waals surface area contributed by atoms with Crippen molar-refractivity contribution >= 4 is 27.6 Å². The SMILES string of the molecule is COc1ccc2[nH]c(C)c(CC(=O)N3CCN(C)CC3c3ncc(-c4ccc5ccccc5c4)n3C)c2c1. The van der Waals surface area contributed by atoms with Crippen molar-refractivity contribution in [3.63, 3.8) is 0 Å². The van der Waals surface area contributed by atoms with Gasteiger partial charge in [-0.1, -0.05) is 36.4 Å². The van der Waals surface area contributed by atoms with E-state index < -0.39 is 0 Å². The fraction of sp³-hybridized carbons (Fsp3) is 0.290. The molecule has 0 radical (unpaired) electrons. The molecule has 0 aliphatic carbocycles. The highest BCUT2D eigenvalue weighted by Gasteiger charge is 2.34. The van der Waals surface area contributed by atoms with E-state index >= 15 is 0 Å². The normalized spacial score (nSPS) is 16.4. The molecule has 1 saturated heterocycles. The fourth-order valence-electron chi connectivity index (χ4n) is 5.76. The molecular formula is C31H33N5O2. The van der Waals surface area contributed by atoms with Gasteiger partial charge in [0, 0.05) is 48.8 Å². The van der Waals surface area contributed by atoms with Crippen molar-refractivity contribution in [3.8, 4) is 17.0 Å². The molecule has 2 aromatic heterocycles. The second-order valence-corrected chi connectivity index (χ2v) is 10.3. The van der Waals surface area contributed by atoms with Crippen molar-refractivity contribution in [2.24, 2.45) is 7.05 Å². The lowest BCUT2D eigenvalue weighted by molar-refractivity contribution is -0.135. The molecule has 0 spiro atoms. The van der Waals surface area contributed by atoms with Crippen LogP contribution in [0.15, 0.2) is 66.9 Å². The molecule has 1 amide bonds. The van der Waals surface area contributed by atoms with Crippen LogP contribution in [0.2, 0.25) is 0 Å². The van der Waals surface area contributed by atoms with Crippen molar-refractivity contribution in [2.45, 2.75) is 19.4 Å². The van der Waals surface area contributed by atoms with Crippen LogP contribution in [0, 0.1) is 6.92 Å². The fourth-order valence-corrected chi connectivity index (χ4v) is 5.76. The van der Waals surface area contributed by atoms with Gasteiger partial charge in [-0.25, -0.2) is 4.98 Å². The Bertz CT molecular complexity index is 1650. The number of aryl methyl sites for hydroxylation is 1. The number of likely N-dealkylation sites (N-methyl/N-ethyl adjacent to an activating group) is 1. The summed E-state index contributed by atoms with van der Waals surface area (Å²) in [7, 11) is 5.83. The van der Waals surface area contributed by atoms with Gasteiger partial charge < -0.3 is 24.1 Å². The first kappa shape index (κ1) is 24.2. The molecule has 7 nitrogen and oxygen atoms in total. The highest BCUT2D eigenvalue weighted by atomic mass is 16.5. The zero-order valence-electron chi connectivity index (χ0n) is 22.4. The summed E-state index contributed by atoms with van der Waals surface area (Å²) in [5, 5.41) is 3.46. The summed E-state index contributed by atoms with van der Waals surface area (Å²) in [5.41, 5.74) is 5.23. The minimum absolute atomic E-state index is 0.116. The lowest BCUT2D eigenvalue weighted by atomic mass is 10.0. The summed E-state index contributed by atoms with van der Waals surface area (Å²) in [5.74, 6) is 1.81. The van der Waals surface area contributed by atoms with Gasteiger partial charge in [-0.3, -0.25) is 4.79 Å². The van der Waals surface area contributed by atoms with Crippen molar-refractivity contribution in [1.29, 1.82) is 0 Å². The zero-order chi connectivity index (χ0) is 26.4. The van der Waals surface area contributed by atoms with Crippen LogP contribution in [-0.4, -0.2) is 64.0 Å². The number of imidazole rings is 1. The zero-order valence-corrected chi connectivity index (χ0v) is 22.4. The molecule has 38 heavy (non-hydrogen) atoms. The summed E-state index contributed by atoms with van der Waals surface area (Å²) in [4.78, 5) is 26.5. The molecule has 1 unspecified atom stereocenters. The molecule has 1 N–H and O–H groups in total. The Hall–Kier alpha value is -4.10. The number of benzene rings is 3. The molecular weight excluding hydrogens is 474 g/mol. The first-order chi connectivity index (χ1) is 18.4. The molecule has 3 aromatic carbocycles. The Labute approximate surface area is 222 Å². The van der Waals surface area contributed by atoms with Gasteiger partial charge in [-0.2, -0.15) is 0 Å². The lowest BCUT2D eigenvalue weighted by Crippen LogP contribution is -2.50. The second-order valence-electron chi connectivity index (χ2n) is 10.3. The third-order valence-electron chi connectivity index (χ3n) is 7.93. The van der Waals surface area contributed by atoms with E-state index in [0.29, 0.717) is 13.0 Å². The molecule has 0 saturated carbocycles. The Morgan fingerprint density at radius 1 is 1.05 bits per heavy atom.